The van der Waals surface area contributed by atoms with E-state index in [-0.39, 0.29) is 11.3 Å². The summed E-state index contributed by atoms with van der Waals surface area (Å²) in [5, 5.41) is 4.81. The molecule has 0 atom stereocenters. The number of nitrogens with two attached hydrogens (primary N) is 1. The average molecular weight is 510 g/mol. The molecule has 0 aliphatic carbocycles. The fourth-order valence-corrected chi connectivity index (χ4v) is 4.33. The van der Waals surface area contributed by atoms with Gasteiger partial charge in [0.05, 0.1) is 11.4 Å². The first-order chi connectivity index (χ1) is 12.1. The van der Waals surface area contributed by atoms with Gasteiger partial charge in [-0.25, -0.2) is 31.7 Å². The van der Waals surface area contributed by atoms with Crippen LogP contribution < -0.4 is 10.9 Å². The molecule has 0 saturated heterocycles. The first kappa shape index (κ1) is 19.0. The summed E-state index contributed by atoms with van der Waals surface area (Å²) in [7, 11) is -4.59. The zero-order chi connectivity index (χ0) is 19.2. The molecule has 0 spiro atoms. The lowest BCUT2D eigenvalue weighted by atomic mass is 10.1. The van der Waals surface area contributed by atoms with Crippen molar-refractivity contribution in [3.05, 3.63) is 67.7 Å². The van der Waals surface area contributed by atoms with Crippen LogP contribution >= 0.6 is 31.9 Å². The van der Waals surface area contributed by atoms with E-state index in [9.17, 15) is 22.0 Å². The smallest absolute Gasteiger partial charge is 0.415 e. The summed E-state index contributed by atoms with van der Waals surface area (Å²) in [5.74, 6) is -3.54. The third-order valence-corrected chi connectivity index (χ3v) is 5.25. The van der Waals surface area contributed by atoms with Gasteiger partial charge in [-0.3, -0.25) is 0 Å². The summed E-state index contributed by atoms with van der Waals surface area (Å²) in [6.07, 6.45) is 1.02. The van der Waals surface area contributed by atoms with E-state index in [1.165, 1.54) is 0 Å². The van der Waals surface area contributed by atoms with Gasteiger partial charge in [0, 0.05) is 14.5 Å². The van der Waals surface area contributed by atoms with Crippen molar-refractivity contribution in [1.29, 1.82) is 0 Å². The van der Waals surface area contributed by atoms with Crippen LogP contribution in [-0.4, -0.2) is 13.0 Å². The lowest BCUT2D eigenvalue weighted by Gasteiger charge is -2.09. The number of benzene rings is 2. The Morgan fingerprint density at radius 3 is 2.04 bits per heavy atom. The van der Waals surface area contributed by atoms with Crippen molar-refractivity contribution in [2.24, 2.45) is 5.14 Å². The molecule has 0 bridgehead atoms. The van der Waals surface area contributed by atoms with E-state index in [0.29, 0.717) is 14.6 Å². The molecule has 6 nitrogen and oxygen atoms in total. The van der Waals surface area contributed by atoms with Crippen LogP contribution in [0.3, 0.4) is 0 Å². The molecule has 26 heavy (non-hydrogen) atoms. The molecule has 0 unspecified atom stereocenters. The van der Waals surface area contributed by atoms with Crippen LogP contribution in [0.25, 0.3) is 16.9 Å². The molecule has 0 aliphatic heterocycles. The summed E-state index contributed by atoms with van der Waals surface area (Å²) in [5.41, 5.74) is 0.282. The number of hydrogen-bond donors (Lipinski definition) is 1. The van der Waals surface area contributed by atoms with Crippen LogP contribution in [0.1, 0.15) is 0 Å². The Hall–Kier alpha value is -1.82. The van der Waals surface area contributed by atoms with Crippen molar-refractivity contribution in [2.75, 3.05) is 0 Å². The number of rotatable bonds is 3. The molecule has 0 fully saturated rings. The lowest BCUT2D eigenvalue weighted by Crippen LogP contribution is -2.17. The molecule has 2 N–H and O–H groups in total. The maximum atomic E-state index is 14.1. The van der Waals surface area contributed by atoms with Gasteiger partial charge in [-0.1, -0.05) is 31.9 Å². The summed E-state index contributed by atoms with van der Waals surface area (Å²) in [6, 6.07) is 6.44. The van der Waals surface area contributed by atoms with Crippen LogP contribution in [0.15, 0.2) is 59.6 Å². The predicted octanol–water partition coefficient (Wildman–Crippen LogP) is 3.55. The van der Waals surface area contributed by atoms with Crippen LogP contribution in [0.2, 0.25) is 0 Å². The molecular formula is C15H8Br2F2N2O4S. The van der Waals surface area contributed by atoms with Gasteiger partial charge >= 0.3 is 5.76 Å². The summed E-state index contributed by atoms with van der Waals surface area (Å²) in [6.45, 7) is 0. The Kier molecular flexibility index (Phi) is 4.90. The summed E-state index contributed by atoms with van der Waals surface area (Å²) >= 11 is 6.56. The Morgan fingerprint density at radius 2 is 1.54 bits per heavy atom. The first-order valence-electron chi connectivity index (χ1n) is 6.77. The highest BCUT2D eigenvalue weighted by Gasteiger charge is 2.23. The molecule has 0 radical (unpaired) electrons. The third-order valence-electron chi connectivity index (χ3n) is 3.38. The van der Waals surface area contributed by atoms with E-state index in [2.05, 4.69) is 31.9 Å². The zero-order valence-corrected chi connectivity index (χ0v) is 16.5. The number of nitrogens with zero attached hydrogens (tertiary/aromatic N) is 1. The lowest BCUT2D eigenvalue weighted by molar-refractivity contribution is 0.504. The van der Waals surface area contributed by atoms with Gasteiger partial charge in [0.2, 0.25) is 10.0 Å². The number of primary sulfonamides is 1. The largest absolute Gasteiger partial charge is 0.424 e. The summed E-state index contributed by atoms with van der Waals surface area (Å²) < 4.78 is 58.1. The van der Waals surface area contributed by atoms with Crippen molar-refractivity contribution in [1.82, 2.24) is 4.57 Å². The minimum absolute atomic E-state index is 0.0266. The van der Waals surface area contributed by atoms with E-state index in [1.54, 1.807) is 18.2 Å². The van der Waals surface area contributed by atoms with Crippen LogP contribution in [0.5, 0.6) is 0 Å². The molecule has 0 saturated carbocycles. The van der Waals surface area contributed by atoms with Crippen molar-refractivity contribution in [3.63, 3.8) is 0 Å². The maximum Gasteiger partial charge on any atom is 0.424 e. The number of hydrogen-bond acceptors (Lipinski definition) is 4. The fraction of sp³-hybridized carbons (Fsp3) is 0. The highest BCUT2D eigenvalue weighted by atomic mass is 79.9. The number of halogens is 4. The van der Waals surface area contributed by atoms with Gasteiger partial charge in [0.1, 0.15) is 17.9 Å². The highest BCUT2D eigenvalue weighted by Crippen LogP contribution is 2.29. The minimum Gasteiger partial charge on any atom is -0.415 e. The molecule has 3 rings (SSSR count). The van der Waals surface area contributed by atoms with Gasteiger partial charge in [0.25, 0.3) is 0 Å². The Morgan fingerprint density at radius 1 is 1.00 bits per heavy atom. The molecule has 136 valence electrons. The monoisotopic (exact) mass is 508 g/mol. The standard InChI is InChI=1S/C15H8Br2F2N2O4S/c16-8-3-9(17)5-10(4-8)21-13(6-25-15(21)22)7-1-11(18)14(12(19)2-7)26(20,23)24/h1-6H,(H2,20,23,24). The van der Waals surface area contributed by atoms with Gasteiger partial charge in [-0.15, -0.1) is 0 Å². The van der Waals surface area contributed by atoms with Gasteiger partial charge in [-0.2, -0.15) is 0 Å². The molecule has 0 aliphatic rings. The normalized spacial score (nSPS) is 11.7. The highest BCUT2D eigenvalue weighted by molar-refractivity contribution is 9.11. The Bertz CT molecular complexity index is 1150. The fourth-order valence-electron chi connectivity index (χ4n) is 2.40. The molecule has 11 heteroatoms. The molecule has 1 heterocycles. The number of aromatic nitrogens is 1. The first-order valence-corrected chi connectivity index (χ1v) is 9.90. The molecular weight excluding hydrogens is 502 g/mol. The molecule has 1 aromatic heterocycles. The second kappa shape index (κ2) is 6.72. The average Bonchev–Trinajstić information content (AvgIpc) is 2.85. The van der Waals surface area contributed by atoms with Crippen LogP contribution in [0.4, 0.5) is 8.78 Å². The molecule has 3 aromatic rings. The molecule has 2 aromatic carbocycles. The van der Waals surface area contributed by atoms with E-state index < -0.39 is 32.3 Å². The Balaban J connectivity index is 2.26. The van der Waals surface area contributed by atoms with Crippen molar-refractivity contribution in [3.8, 4) is 16.9 Å². The second-order valence-corrected chi connectivity index (χ2v) is 8.49. The van der Waals surface area contributed by atoms with Crippen molar-refractivity contribution < 1.29 is 21.6 Å². The van der Waals surface area contributed by atoms with E-state index in [4.69, 9.17) is 9.56 Å². The minimum atomic E-state index is -4.59. The van der Waals surface area contributed by atoms with Crippen LogP contribution in [-0.2, 0) is 10.0 Å². The second-order valence-electron chi connectivity index (χ2n) is 5.16. The van der Waals surface area contributed by atoms with Crippen molar-refractivity contribution >= 4 is 41.9 Å². The zero-order valence-electron chi connectivity index (χ0n) is 12.5. The number of sulfonamides is 1. The SMILES string of the molecule is NS(=O)(=O)c1c(F)cc(-c2coc(=O)n2-c2cc(Br)cc(Br)c2)cc1F. The molecule has 0 amide bonds. The van der Waals surface area contributed by atoms with Gasteiger partial charge in [-0.05, 0) is 30.3 Å². The van der Waals surface area contributed by atoms with Crippen LogP contribution in [0, 0.1) is 11.6 Å². The van der Waals surface area contributed by atoms with E-state index in [1.807, 2.05) is 0 Å². The topological polar surface area (TPSA) is 95.3 Å². The van der Waals surface area contributed by atoms with E-state index in [0.717, 1.165) is 23.0 Å². The van der Waals surface area contributed by atoms with E-state index >= 15 is 0 Å². The Labute approximate surface area is 162 Å². The maximum absolute atomic E-state index is 14.1. The van der Waals surface area contributed by atoms with Crippen molar-refractivity contribution in [2.45, 2.75) is 4.90 Å². The summed E-state index contributed by atoms with van der Waals surface area (Å²) in [4.78, 5) is 10.8. The quantitative estimate of drug-likeness (QED) is 0.584. The van der Waals surface area contributed by atoms with Gasteiger partial charge < -0.3 is 4.42 Å². The number of oxazole rings is 1. The predicted molar refractivity (Wildman–Crippen MR) is 96.4 cm³/mol. The third kappa shape index (κ3) is 3.52. The van der Waals surface area contributed by atoms with Gasteiger partial charge in [0.15, 0.2) is 4.90 Å².